The van der Waals surface area contributed by atoms with Crippen LogP contribution in [0.2, 0.25) is 0 Å². The summed E-state index contributed by atoms with van der Waals surface area (Å²) in [6.45, 7) is 0. The molecule has 0 amide bonds. The van der Waals surface area contributed by atoms with Crippen molar-refractivity contribution in [3.8, 4) is 6.07 Å². The van der Waals surface area contributed by atoms with Gasteiger partial charge in [-0.15, -0.1) is 0 Å². The van der Waals surface area contributed by atoms with Gasteiger partial charge in [-0.1, -0.05) is 12.6 Å². The van der Waals surface area contributed by atoms with Crippen molar-refractivity contribution in [2.75, 3.05) is 0 Å². The maximum Gasteiger partial charge on any atom is 0.140 e. The van der Waals surface area contributed by atoms with Gasteiger partial charge in [-0.05, 0) is 17.2 Å². The average molecular weight is 156 g/mol. The van der Waals surface area contributed by atoms with Gasteiger partial charge in [0.05, 0.1) is 0 Å². The molecule has 0 aromatic carbocycles. The van der Waals surface area contributed by atoms with Crippen LogP contribution in [0.1, 0.15) is 16.8 Å². The van der Waals surface area contributed by atoms with E-state index in [0.717, 1.165) is 12.6 Å². The summed E-state index contributed by atoms with van der Waals surface area (Å²) in [6, 6.07) is 3.92. The van der Waals surface area contributed by atoms with Gasteiger partial charge < -0.3 is 0 Å². The molecule has 1 rings (SSSR count). The zero-order valence-electron chi connectivity index (χ0n) is 7.46. The zero-order valence-corrected chi connectivity index (χ0v) is 7.46. The van der Waals surface area contributed by atoms with E-state index in [4.69, 9.17) is 5.26 Å². The number of hydrogen-bond donors (Lipinski definition) is 0. The highest BCUT2D eigenvalue weighted by molar-refractivity contribution is 6.10. The standard InChI is InChI=1S/C8H10B2N2/c9-2-6-1-8(4-11)12-5-7(6)3-10/h1,5H,2-3,9-10H2. The molecule has 0 saturated heterocycles. The Morgan fingerprint density at radius 2 is 2.00 bits per heavy atom. The fraction of sp³-hybridized carbons (Fsp3) is 0.250. The first-order valence-corrected chi connectivity index (χ1v) is 4.19. The minimum absolute atomic E-state index is 0.518. The molecule has 0 atom stereocenters. The monoisotopic (exact) mass is 156 g/mol. The van der Waals surface area contributed by atoms with E-state index in [2.05, 4.69) is 20.7 Å². The number of aromatic nitrogens is 1. The first-order valence-electron chi connectivity index (χ1n) is 4.19. The molecule has 1 heterocycles. The summed E-state index contributed by atoms with van der Waals surface area (Å²) in [5.41, 5.74) is 3.00. The second-order valence-corrected chi connectivity index (χ2v) is 2.66. The molecule has 1 aromatic heterocycles. The predicted octanol–water partition coefficient (Wildman–Crippen LogP) is -0.781. The molecule has 0 spiro atoms. The molecular weight excluding hydrogens is 146 g/mol. The topological polar surface area (TPSA) is 36.7 Å². The van der Waals surface area contributed by atoms with Crippen molar-refractivity contribution in [2.24, 2.45) is 0 Å². The molecule has 0 bridgehead atoms. The van der Waals surface area contributed by atoms with Crippen LogP contribution >= 0.6 is 0 Å². The van der Waals surface area contributed by atoms with Gasteiger partial charge >= 0.3 is 0 Å². The summed E-state index contributed by atoms with van der Waals surface area (Å²) in [5, 5.41) is 8.61. The molecule has 4 heteroatoms. The van der Waals surface area contributed by atoms with Crippen LogP contribution in [0.5, 0.6) is 0 Å². The van der Waals surface area contributed by atoms with E-state index in [1.807, 2.05) is 12.1 Å². The molecule has 0 fully saturated rings. The SMILES string of the molecule is BCc1cnc(C#N)cc1CB. The second kappa shape index (κ2) is 3.96. The number of nitrogens with zero attached hydrogens (tertiary/aromatic N) is 2. The average Bonchev–Trinajstić information content (AvgIpc) is 2.16. The molecular formula is C8H10B2N2. The maximum atomic E-state index is 8.61. The van der Waals surface area contributed by atoms with Crippen LogP contribution in [0.25, 0.3) is 0 Å². The summed E-state index contributed by atoms with van der Waals surface area (Å²) < 4.78 is 0. The minimum Gasteiger partial charge on any atom is -0.245 e. The van der Waals surface area contributed by atoms with Gasteiger partial charge in [0.1, 0.15) is 27.5 Å². The van der Waals surface area contributed by atoms with Gasteiger partial charge in [-0.2, -0.15) is 5.26 Å². The van der Waals surface area contributed by atoms with Crippen LogP contribution in [0.4, 0.5) is 0 Å². The molecule has 58 valence electrons. The lowest BCUT2D eigenvalue weighted by atomic mass is 9.87. The van der Waals surface area contributed by atoms with E-state index in [1.165, 1.54) is 11.1 Å². The highest BCUT2D eigenvalue weighted by Gasteiger charge is 2.00. The van der Waals surface area contributed by atoms with Gasteiger partial charge in [0, 0.05) is 6.20 Å². The molecule has 1 aromatic rings. The maximum absolute atomic E-state index is 8.61. The molecule has 2 nitrogen and oxygen atoms in total. The van der Waals surface area contributed by atoms with E-state index in [1.54, 1.807) is 6.20 Å². The summed E-state index contributed by atoms with van der Waals surface area (Å²) in [7, 11) is 4.19. The number of hydrogen-bond acceptors (Lipinski definition) is 2. The van der Waals surface area contributed by atoms with Crippen molar-refractivity contribution < 1.29 is 0 Å². The van der Waals surface area contributed by atoms with Crippen LogP contribution in [0.15, 0.2) is 12.3 Å². The van der Waals surface area contributed by atoms with Crippen molar-refractivity contribution >= 4 is 15.7 Å². The van der Waals surface area contributed by atoms with E-state index in [9.17, 15) is 0 Å². The normalized spacial score (nSPS) is 9.25. The van der Waals surface area contributed by atoms with Crippen LogP contribution < -0.4 is 0 Å². The van der Waals surface area contributed by atoms with Gasteiger partial charge in [-0.3, -0.25) is 0 Å². The third-order valence-electron chi connectivity index (χ3n) is 1.96. The van der Waals surface area contributed by atoms with Gasteiger partial charge in [0.25, 0.3) is 0 Å². The summed E-state index contributed by atoms with van der Waals surface area (Å²) in [6.07, 6.45) is 3.76. The third-order valence-corrected chi connectivity index (χ3v) is 1.96. The van der Waals surface area contributed by atoms with Crippen LogP contribution in [-0.4, -0.2) is 20.7 Å². The van der Waals surface area contributed by atoms with Crippen molar-refractivity contribution in [3.05, 3.63) is 29.1 Å². The van der Waals surface area contributed by atoms with E-state index in [0.29, 0.717) is 5.69 Å². The first kappa shape index (κ1) is 8.86. The Bertz CT molecular complexity index is 317. The molecule has 0 N–H and O–H groups in total. The third kappa shape index (κ3) is 1.68. The Labute approximate surface area is 74.4 Å². The Kier molecular flexibility index (Phi) is 2.93. The largest absolute Gasteiger partial charge is 0.245 e. The second-order valence-electron chi connectivity index (χ2n) is 2.66. The van der Waals surface area contributed by atoms with Gasteiger partial charge in [-0.25, -0.2) is 4.98 Å². The molecule has 12 heavy (non-hydrogen) atoms. The molecule has 0 aliphatic heterocycles. The predicted molar refractivity (Wildman–Crippen MR) is 53.4 cm³/mol. The van der Waals surface area contributed by atoms with Crippen LogP contribution in [0.3, 0.4) is 0 Å². The molecule has 0 radical (unpaired) electrons. The van der Waals surface area contributed by atoms with Crippen molar-refractivity contribution in [2.45, 2.75) is 12.6 Å². The lowest BCUT2D eigenvalue weighted by Crippen LogP contribution is -1.97. The Morgan fingerprint density at radius 1 is 1.33 bits per heavy atom. The Hall–Kier alpha value is -1.23. The van der Waals surface area contributed by atoms with Crippen molar-refractivity contribution in [3.63, 3.8) is 0 Å². The zero-order chi connectivity index (χ0) is 8.97. The minimum atomic E-state index is 0.518. The molecule has 0 unspecified atom stereocenters. The number of pyridine rings is 1. The molecule has 0 aliphatic rings. The number of rotatable bonds is 2. The first-order chi connectivity index (χ1) is 5.81. The van der Waals surface area contributed by atoms with Crippen LogP contribution in [-0.2, 0) is 12.6 Å². The lowest BCUT2D eigenvalue weighted by molar-refractivity contribution is 1.15. The fourth-order valence-corrected chi connectivity index (χ4v) is 1.23. The molecule has 0 aliphatic carbocycles. The quantitative estimate of drug-likeness (QED) is 0.526. The van der Waals surface area contributed by atoms with E-state index in [-0.39, 0.29) is 0 Å². The van der Waals surface area contributed by atoms with Crippen LogP contribution in [0, 0.1) is 11.3 Å². The fourth-order valence-electron chi connectivity index (χ4n) is 1.23. The van der Waals surface area contributed by atoms with Gasteiger partial charge in [0.15, 0.2) is 0 Å². The summed E-state index contributed by atoms with van der Waals surface area (Å²) in [4.78, 5) is 4.02. The van der Waals surface area contributed by atoms with Crippen molar-refractivity contribution in [1.29, 1.82) is 5.26 Å². The lowest BCUT2D eigenvalue weighted by Gasteiger charge is -2.03. The van der Waals surface area contributed by atoms with E-state index < -0.39 is 0 Å². The number of nitriles is 1. The van der Waals surface area contributed by atoms with Gasteiger partial charge in [0.2, 0.25) is 0 Å². The highest BCUT2D eigenvalue weighted by Crippen LogP contribution is 2.08. The molecule has 0 saturated carbocycles. The summed E-state index contributed by atoms with van der Waals surface area (Å²) in [5.74, 6) is 0. The summed E-state index contributed by atoms with van der Waals surface area (Å²) >= 11 is 0. The Balaban J connectivity index is 3.13. The smallest absolute Gasteiger partial charge is 0.140 e. The highest BCUT2D eigenvalue weighted by atomic mass is 14.7. The van der Waals surface area contributed by atoms with E-state index >= 15 is 0 Å². The van der Waals surface area contributed by atoms with Crippen molar-refractivity contribution in [1.82, 2.24) is 4.98 Å². The Morgan fingerprint density at radius 3 is 2.50 bits per heavy atom.